The van der Waals surface area contributed by atoms with Crippen LogP contribution in [0.4, 0.5) is 0 Å². The molecule has 0 aliphatic heterocycles. The van der Waals surface area contributed by atoms with Gasteiger partial charge in [-0.25, -0.2) is 4.98 Å². The summed E-state index contributed by atoms with van der Waals surface area (Å²) >= 11 is 6.33. The summed E-state index contributed by atoms with van der Waals surface area (Å²) in [5.74, 6) is 0. The van der Waals surface area contributed by atoms with Gasteiger partial charge in [0.25, 0.3) is 0 Å². The van der Waals surface area contributed by atoms with Crippen molar-refractivity contribution in [3.8, 4) is 11.1 Å². The van der Waals surface area contributed by atoms with E-state index in [0.29, 0.717) is 17.3 Å². The number of H-pyrrole nitrogens is 1. The summed E-state index contributed by atoms with van der Waals surface area (Å²) in [4.78, 5) is 4.30. The quantitative estimate of drug-likeness (QED) is 0.662. The Morgan fingerprint density at radius 2 is 2.04 bits per heavy atom. The molecule has 0 saturated carbocycles. The van der Waals surface area contributed by atoms with E-state index in [9.17, 15) is 0 Å². The van der Waals surface area contributed by atoms with Crippen LogP contribution in [0.25, 0.3) is 22.2 Å². The zero-order valence-corrected chi connectivity index (χ0v) is 15.8. The second-order valence-corrected chi connectivity index (χ2v) is 7.26. The molecule has 3 rings (SSSR count). The number of nitrogens with zero attached hydrogens (tertiary/aromatic N) is 2. The van der Waals surface area contributed by atoms with E-state index >= 15 is 0 Å². The van der Waals surface area contributed by atoms with E-state index in [0.717, 1.165) is 35.8 Å². The number of aromatic amines is 1. The number of nitrogens with one attached hydrogen (secondary N) is 1. The molecule has 2 heterocycles. The Balaban J connectivity index is 2.24. The van der Waals surface area contributed by atoms with Gasteiger partial charge in [0.1, 0.15) is 5.15 Å². The van der Waals surface area contributed by atoms with Crippen molar-refractivity contribution in [3.63, 3.8) is 0 Å². The lowest BCUT2D eigenvalue weighted by molar-refractivity contribution is 0.467. The summed E-state index contributed by atoms with van der Waals surface area (Å²) in [7, 11) is 0. The van der Waals surface area contributed by atoms with Gasteiger partial charge in [-0.2, -0.15) is 5.10 Å². The molecule has 0 aliphatic rings. The lowest BCUT2D eigenvalue weighted by Gasteiger charge is -2.28. The molecule has 0 aliphatic carbocycles. The van der Waals surface area contributed by atoms with Gasteiger partial charge in [0.2, 0.25) is 0 Å². The fourth-order valence-electron chi connectivity index (χ4n) is 3.25. The van der Waals surface area contributed by atoms with Crippen LogP contribution in [0.2, 0.25) is 5.15 Å². The van der Waals surface area contributed by atoms with Crippen LogP contribution in [-0.4, -0.2) is 21.7 Å². The molecule has 0 spiro atoms. The van der Waals surface area contributed by atoms with E-state index in [1.807, 2.05) is 6.07 Å². The number of aromatic nitrogens is 3. The number of benzene rings is 1. The fourth-order valence-corrected chi connectivity index (χ4v) is 3.47. The van der Waals surface area contributed by atoms with Gasteiger partial charge in [-0.05, 0) is 41.2 Å². The highest BCUT2D eigenvalue weighted by Crippen LogP contribution is 2.36. The third kappa shape index (κ3) is 3.29. The summed E-state index contributed by atoms with van der Waals surface area (Å²) < 4.78 is 0. The Labute approximate surface area is 153 Å². The van der Waals surface area contributed by atoms with Crippen LogP contribution < -0.4 is 5.73 Å². The first kappa shape index (κ1) is 17.9. The molecular weight excluding hydrogens is 332 g/mol. The lowest BCUT2D eigenvalue weighted by atomic mass is 9.78. The molecular formula is C20H25ClN4. The minimum atomic E-state index is -0.0369. The molecule has 1 aromatic carbocycles. The number of pyridine rings is 1. The Morgan fingerprint density at radius 1 is 1.24 bits per heavy atom. The monoisotopic (exact) mass is 356 g/mol. The largest absolute Gasteiger partial charge is 0.330 e. The lowest BCUT2D eigenvalue weighted by Crippen LogP contribution is -2.31. The van der Waals surface area contributed by atoms with E-state index in [-0.39, 0.29) is 5.41 Å². The second kappa shape index (κ2) is 7.14. The third-order valence-electron chi connectivity index (χ3n) is 5.18. The maximum Gasteiger partial charge on any atom is 0.183 e. The van der Waals surface area contributed by atoms with Crippen LogP contribution in [0.3, 0.4) is 0 Å². The maximum atomic E-state index is 6.33. The molecule has 25 heavy (non-hydrogen) atoms. The minimum Gasteiger partial charge on any atom is -0.330 e. The number of nitrogens with two attached hydrogens (primary N) is 1. The van der Waals surface area contributed by atoms with Gasteiger partial charge in [-0.15, -0.1) is 0 Å². The number of rotatable bonds is 6. The molecule has 3 N–H and O–H groups in total. The van der Waals surface area contributed by atoms with Gasteiger partial charge in [0, 0.05) is 18.2 Å². The Bertz CT molecular complexity index is 881. The van der Waals surface area contributed by atoms with Crippen molar-refractivity contribution < 1.29 is 0 Å². The van der Waals surface area contributed by atoms with E-state index in [2.05, 4.69) is 54.2 Å². The summed E-state index contributed by atoms with van der Waals surface area (Å²) in [6.07, 6.45) is 4.92. The van der Waals surface area contributed by atoms with Crippen molar-refractivity contribution in [2.24, 2.45) is 5.73 Å². The fraction of sp³-hybridized carbons (Fsp3) is 0.400. The first-order chi connectivity index (χ1) is 12.0. The van der Waals surface area contributed by atoms with Gasteiger partial charge in [-0.1, -0.05) is 57.0 Å². The molecule has 1 atom stereocenters. The molecule has 4 nitrogen and oxygen atoms in total. The molecule has 0 bridgehead atoms. The number of aryl methyl sites for hydroxylation is 1. The molecule has 3 aromatic rings. The van der Waals surface area contributed by atoms with E-state index < -0.39 is 0 Å². The summed E-state index contributed by atoms with van der Waals surface area (Å²) in [5, 5.41) is 8.40. The van der Waals surface area contributed by atoms with Crippen LogP contribution in [0.5, 0.6) is 0 Å². The number of fused-ring (bicyclic) bond motifs is 1. The smallest absolute Gasteiger partial charge is 0.183 e. The predicted molar refractivity (Wildman–Crippen MR) is 105 cm³/mol. The van der Waals surface area contributed by atoms with Crippen LogP contribution in [-0.2, 0) is 11.8 Å². The molecule has 0 radical (unpaired) electrons. The molecule has 2 aromatic heterocycles. The molecule has 0 amide bonds. The van der Waals surface area contributed by atoms with Crippen LogP contribution >= 0.6 is 11.6 Å². The Kier molecular flexibility index (Phi) is 5.11. The zero-order chi connectivity index (χ0) is 18.0. The Morgan fingerprint density at radius 3 is 2.72 bits per heavy atom. The van der Waals surface area contributed by atoms with Crippen LogP contribution in [0, 0.1) is 0 Å². The highest BCUT2D eigenvalue weighted by atomic mass is 35.5. The van der Waals surface area contributed by atoms with Crippen molar-refractivity contribution in [3.05, 3.63) is 46.7 Å². The van der Waals surface area contributed by atoms with Crippen molar-refractivity contribution in [1.82, 2.24) is 15.2 Å². The third-order valence-corrected chi connectivity index (χ3v) is 5.45. The van der Waals surface area contributed by atoms with Crippen LogP contribution in [0.15, 0.2) is 30.5 Å². The average Bonchev–Trinajstić information content (AvgIpc) is 3.02. The zero-order valence-electron chi connectivity index (χ0n) is 15.1. The van der Waals surface area contributed by atoms with Crippen molar-refractivity contribution in [2.75, 3.05) is 6.54 Å². The van der Waals surface area contributed by atoms with Gasteiger partial charge in [-0.3, -0.25) is 5.10 Å². The second-order valence-electron chi connectivity index (χ2n) is 6.88. The molecule has 132 valence electrons. The molecule has 5 heteroatoms. The van der Waals surface area contributed by atoms with Gasteiger partial charge in [0.15, 0.2) is 5.65 Å². The predicted octanol–water partition coefficient (Wildman–Crippen LogP) is 4.86. The average molecular weight is 357 g/mol. The highest BCUT2D eigenvalue weighted by molar-refractivity contribution is 6.35. The molecule has 1 unspecified atom stereocenters. The van der Waals surface area contributed by atoms with E-state index in [1.54, 1.807) is 6.20 Å². The molecule has 0 fully saturated rings. The van der Waals surface area contributed by atoms with Gasteiger partial charge in [0.05, 0.1) is 5.39 Å². The topological polar surface area (TPSA) is 67.6 Å². The maximum absolute atomic E-state index is 6.33. The standard InChI is InChI=1S/C20H25ClN4/c1-4-6-13-9-14(11-15(10-13)20(3,5-2)12-22)16-7-8-23-19-17(16)18(21)24-25-19/h7-11H,4-6,12,22H2,1-3H3,(H,23,24,25). The SMILES string of the molecule is CCCc1cc(-c2ccnc3n[nH]c(Cl)c23)cc(C(C)(CC)CN)c1. The molecule has 0 saturated heterocycles. The number of hydrogen-bond donors (Lipinski definition) is 2. The number of hydrogen-bond acceptors (Lipinski definition) is 3. The van der Waals surface area contributed by atoms with Gasteiger partial charge >= 0.3 is 0 Å². The summed E-state index contributed by atoms with van der Waals surface area (Å²) in [6, 6.07) is 8.80. The van der Waals surface area contributed by atoms with Crippen molar-refractivity contribution >= 4 is 22.6 Å². The van der Waals surface area contributed by atoms with Crippen molar-refractivity contribution in [2.45, 2.75) is 45.4 Å². The van der Waals surface area contributed by atoms with E-state index in [1.165, 1.54) is 11.1 Å². The van der Waals surface area contributed by atoms with Gasteiger partial charge < -0.3 is 5.73 Å². The number of halogens is 1. The summed E-state index contributed by atoms with van der Waals surface area (Å²) in [6.45, 7) is 7.24. The first-order valence-electron chi connectivity index (χ1n) is 8.86. The Hall–Kier alpha value is -1.91. The van der Waals surface area contributed by atoms with Crippen molar-refractivity contribution in [1.29, 1.82) is 0 Å². The van der Waals surface area contributed by atoms with E-state index in [4.69, 9.17) is 17.3 Å². The normalized spacial score (nSPS) is 14.0. The summed E-state index contributed by atoms with van der Waals surface area (Å²) in [5.41, 5.74) is 11.5. The first-order valence-corrected chi connectivity index (χ1v) is 9.23. The minimum absolute atomic E-state index is 0.0369. The van der Waals surface area contributed by atoms with Crippen LogP contribution in [0.1, 0.15) is 44.7 Å². The highest BCUT2D eigenvalue weighted by Gasteiger charge is 2.24.